The van der Waals surface area contributed by atoms with Crippen LogP contribution >= 0.6 is 0 Å². The molecule has 2 heterocycles. The van der Waals surface area contributed by atoms with E-state index < -0.39 is 9.84 Å². The summed E-state index contributed by atoms with van der Waals surface area (Å²) < 4.78 is 24.8. The molecule has 2 N–H and O–H groups in total. The number of hydrogen-bond donors (Lipinski definition) is 1. The Bertz CT molecular complexity index is 546. The summed E-state index contributed by atoms with van der Waals surface area (Å²) in [6.07, 6.45) is 1.45. The molecule has 1 aliphatic rings. The Labute approximate surface area is 108 Å². The molecule has 6 heteroatoms. The van der Waals surface area contributed by atoms with E-state index in [2.05, 4.69) is 25.9 Å². The highest BCUT2D eigenvalue weighted by molar-refractivity contribution is 7.91. The van der Waals surface area contributed by atoms with Crippen molar-refractivity contribution in [2.75, 3.05) is 17.2 Å². The summed E-state index contributed by atoms with van der Waals surface area (Å²) in [6, 6.07) is -0.0900. The highest BCUT2D eigenvalue weighted by Gasteiger charge is 2.32. The Morgan fingerprint density at radius 1 is 1.50 bits per heavy atom. The molecular formula is C12H21N3O2S. The van der Waals surface area contributed by atoms with Gasteiger partial charge < -0.3 is 5.73 Å². The molecule has 2 rings (SSSR count). The minimum absolute atomic E-state index is 0.0900. The van der Waals surface area contributed by atoms with Gasteiger partial charge >= 0.3 is 0 Å². The van der Waals surface area contributed by atoms with Crippen LogP contribution in [0.5, 0.6) is 0 Å². The number of nitrogens with two attached hydrogens (primary N) is 1. The lowest BCUT2D eigenvalue weighted by Gasteiger charge is -2.10. The molecule has 0 radical (unpaired) electrons. The quantitative estimate of drug-likeness (QED) is 0.904. The topological polar surface area (TPSA) is 78.0 Å². The van der Waals surface area contributed by atoms with Crippen LogP contribution in [0.4, 0.5) is 5.82 Å². The molecule has 1 unspecified atom stereocenters. The molecule has 1 atom stereocenters. The smallest absolute Gasteiger partial charge is 0.152 e. The average molecular weight is 271 g/mol. The predicted molar refractivity (Wildman–Crippen MR) is 72.4 cm³/mol. The van der Waals surface area contributed by atoms with Gasteiger partial charge in [0.25, 0.3) is 0 Å². The fourth-order valence-corrected chi connectivity index (χ4v) is 4.26. The normalized spacial score (nSPS) is 22.8. The standard InChI is InChI=1S/C12H21N3O2S/c1-4-10-11(8(2)3)14-15(12(10)13)9-5-6-18(16,17)7-9/h8-9H,4-7,13H2,1-3H3. The van der Waals surface area contributed by atoms with E-state index in [4.69, 9.17) is 5.73 Å². The van der Waals surface area contributed by atoms with Gasteiger partial charge in [-0.25, -0.2) is 13.1 Å². The van der Waals surface area contributed by atoms with Crippen molar-refractivity contribution >= 4 is 15.7 Å². The maximum absolute atomic E-state index is 11.5. The number of aromatic nitrogens is 2. The molecule has 0 aliphatic carbocycles. The first-order chi connectivity index (χ1) is 8.35. The van der Waals surface area contributed by atoms with Crippen LogP contribution in [-0.2, 0) is 16.3 Å². The summed E-state index contributed by atoms with van der Waals surface area (Å²) in [6.45, 7) is 6.21. The SMILES string of the molecule is CCc1c(C(C)C)nn(C2CCS(=O)(=O)C2)c1N. The fraction of sp³-hybridized carbons (Fsp3) is 0.750. The van der Waals surface area contributed by atoms with Gasteiger partial charge in [-0.3, -0.25) is 0 Å². The molecule has 1 fully saturated rings. The van der Waals surface area contributed by atoms with E-state index in [1.54, 1.807) is 4.68 Å². The zero-order valence-electron chi connectivity index (χ0n) is 11.2. The lowest BCUT2D eigenvalue weighted by atomic mass is 10.0. The maximum Gasteiger partial charge on any atom is 0.152 e. The highest BCUT2D eigenvalue weighted by Crippen LogP contribution is 2.31. The second-order valence-electron chi connectivity index (χ2n) is 5.26. The number of anilines is 1. The summed E-state index contributed by atoms with van der Waals surface area (Å²) in [5.74, 6) is 1.36. The van der Waals surface area contributed by atoms with E-state index in [1.807, 2.05) is 0 Å². The number of nitrogen functional groups attached to an aromatic ring is 1. The Hall–Kier alpha value is -1.04. The van der Waals surface area contributed by atoms with E-state index in [1.165, 1.54) is 0 Å². The van der Waals surface area contributed by atoms with E-state index >= 15 is 0 Å². The fourth-order valence-electron chi connectivity index (χ4n) is 2.57. The Kier molecular flexibility index (Phi) is 3.40. The average Bonchev–Trinajstić information content (AvgIpc) is 2.78. The van der Waals surface area contributed by atoms with Crippen molar-refractivity contribution in [1.29, 1.82) is 0 Å². The third-order valence-electron chi connectivity index (χ3n) is 3.54. The Morgan fingerprint density at radius 3 is 2.56 bits per heavy atom. The molecule has 0 amide bonds. The molecule has 1 aromatic heterocycles. The van der Waals surface area contributed by atoms with E-state index in [-0.39, 0.29) is 17.5 Å². The zero-order valence-corrected chi connectivity index (χ0v) is 12.0. The summed E-state index contributed by atoms with van der Waals surface area (Å²) in [4.78, 5) is 0. The molecule has 5 nitrogen and oxygen atoms in total. The second kappa shape index (κ2) is 4.57. The summed E-state index contributed by atoms with van der Waals surface area (Å²) in [5.41, 5.74) is 8.19. The van der Waals surface area contributed by atoms with Crippen LogP contribution in [0.15, 0.2) is 0 Å². The molecular weight excluding hydrogens is 250 g/mol. The van der Waals surface area contributed by atoms with Gasteiger partial charge in [-0.05, 0) is 18.8 Å². The molecule has 0 spiro atoms. The van der Waals surface area contributed by atoms with Gasteiger partial charge in [-0.2, -0.15) is 5.10 Å². The predicted octanol–water partition coefficient (Wildman–Crippen LogP) is 1.51. The molecule has 0 saturated carbocycles. The Morgan fingerprint density at radius 2 is 2.17 bits per heavy atom. The number of sulfone groups is 1. The van der Waals surface area contributed by atoms with Crippen LogP contribution in [-0.4, -0.2) is 29.7 Å². The molecule has 18 heavy (non-hydrogen) atoms. The first kappa shape index (κ1) is 13.4. The monoisotopic (exact) mass is 271 g/mol. The van der Waals surface area contributed by atoms with Gasteiger partial charge in [0.05, 0.1) is 23.2 Å². The summed E-state index contributed by atoms with van der Waals surface area (Å²) in [7, 11) is -2.91. The van der Waals surface area contributed by atoms with Gasteiger partial charge in [0.15, 0.2) is 9.84 Å². The maximum atomic E-state index is 11.5. The molecule has 1 saturated heterocycles. The molecule has 0 aromatic carbocycles. The number of hydrogen-bond acceptors (Lipinski definition) is 4. The van der Waals surface area contributed by atoms with Crippen LogP contribution in [0, 0.1) is 0 Å². The summed E-state index contributed by atoms with van der Waals surface area (Å²) in [5, 5.41) is 4.55. The van der Waals surface area contributed by atoms with Crippen LogP contribution in [0.25, 0.3) is 0 Å². The highest BCUT2D eigenvalue weighted by atomic mass is 32.2. The second-order valence-corrected chi connectivity index (χ2v) is 7.49. The third kappa shape index (κ3) is 2.25. The Balaban J connectivity index is 2.41. The minimum atomic E-state index is -2.91. The van der Waals surface area contributed by atoms with Crippen LogP contribution < -0.4 is 5.73 Å². The molecule has 1 aromatic rings. The van der Waals surface area contributed by atoms with E-state index in [9.17, 15) is 8.42 Å². The van der Waals surface area contributed by atoms with E-state index in [0.717, 1.165) is 17.7 Å². The van der Waals surface area contributed by atoms with Gasteiger partial charge in [0, 0.05) is 5.56 Å². The van der Waals surface area contributed by atoms with Crippen molar-refractivity contribution < 1.29 is 8.42 Å². The molecule has 102 valence electrons. The third-order valence-corrected chi connectivity index (χ3v) is 5.29. The largest absolute Gasteiger partial charge is 0.384 e. The van der Waals surface area contributed by atoms with Crippen molar-refractivity contribution in [2.24, 2.45) is 0 Å². The number of rotatable bonds is 3. The number of nitrogens with zero attached hydrogens (tertiary/aromatic N) is 2. The van der Waals surface area contributed by atoms with E-state index in [0.29, 0.717) is 18.2 Å². The lowest BCUT2D eigenvalue weighted by molar-refractivity contribution is 0.499. The van der Waals surface area contributed by atoms with Gasteiger partial charge in [0.1, 0.15) is 5.82 Å². The van der Waals surface area contributed by atoms with Crippen molar-refractivity contribution in [3.8, 4) is 0 Å². The van der Waals surface area contributed by atoms with Gasteiger partial charge in [0.2, 0.25) is 0 Å². The minimum Gasteiger partial charge on any atom is -0.384 e. The van der Waals surface area contributed by atoms with Gasteiger partial charge in [-0.15, -0.1) is 0 Å². The van der Waals surface area contributed by atoms with Crippen molar-refractivity contribution in [3.05, 3.63) is 11.3 Å². The zero-order chi connectivity index (χ0) is 13.5. The van der Waals surface area contributed by atoms with Crippen molar-refractivity contribution in [3.63, 3.8) is 0 Å². The van der Waals surface area contributed by atoms with Crippen molar-refractivity contribution in [2.45, 2.75) is 45.6 Å². The summed E-state index contributed by atoms with van der Waals surface area (Å²) >= 11 is 0. The van der Waals surface area contributed by atoms with Crippen molar-refractivity contribution in [1.82, 2.24) is 9.78 Å². The first-order valence-corrected chi connectivity index (χ1v) is 8.25. The van der Waals surface area contributed by atoms with Crippen LogP contribution in [0.2, 0.25) is 0 Å². The molecule has 0 bridgehead atoms. The first-order valence-electron chi connectivity index (χ1n) is 6.43. The van der Waals surface area contributed by atoms with Gasteiger partial charge in [-0.1, -0.05) is 20.8 Å². The molecule has 1 aliphatic heterocycles. The lowest BCUT2D eigenvalue weighted by Crippen LogP contribution is -2.15. The van der Waals surface area contributed by atoms with Crippen LogP contribution in [0.3, 0.4) is 0 Å². The van der Waals surface area contributed by atoms with Crippen LogP contribution in [0.1, 0.15) is 50.4 Å².